The minimum absolute atomic E-state index is 0.00588. The van der Waals surface area contributed by atoms with E-state index < -0.39 is 0 Å². The lowest BCUT2D eigenvalue weighted by Crippen LogP contribution is -2.37. The fourth-order valence-corrected chi connectivity index (χ4v) is 4.52. The lowest BCUT2D eigenvalue weighted by Gasteiger charge is -2.25. The SMILES string of the molecule is C=CC(=O)N1CCC[C@@H]1Cn1c(COC)c(C#Cc2cc(OC)cc(OC)c2)c2c(N)ncnc21. The van der Waals surface area contributed by atoms with E-state index in [9.17, 15) is 4.79 Å². The summed E-state index contributed by atoms with van der Waals surface area (Å²) in [5.41, 5.74) is 9.22. The van der Waals surface area contributed by atoms with Gasteiger partial charge in [0.1, 0.15) is 29.3 Å². The second-order valence-electron chi connectivity index (χ2n) is 8.21. The van der Waals surface area contributed by atoms with Gasteiger partial charge in [-0.2, -0.15) is 0 Å². The molecule has 9 nitrogen and oxygen atoms in total. The number of methoxy groups -OCH3 is 3. The quantitative estimate of drug-likeness (QED) is 0.414. The van der Waals surface area contributed by atoms with Crippen molar-refractivity contribution in [3.63, 3.8) is 0 Å². The van der Waals surface area contributed by atoms with Crippen molar-refractivity contribution in [1.29, 1.82) is 0 Å². The number of fused-ring (bicyclic) bond motifs is 1. The van der Waals surface area contributed by atoms with Gasteiger partial charge < -0.3 is 29.4 Å². The summed E-state index contributed by atoms with van der Waals surface area (Å²) >= 11 is 0. The number of aromatic nitrogens is 3. The lowest BCUT2D eigenvalue weighted by atomic mass is 10.1. The summed E-state index contributed by atoms with van der Waals surface area (Å²) in [4.78, 5) is 23.0. The molecule has 0 radical (unpaired) electrons. The number of hydrogen-bond acceptors (Lipinski definition) is 7. The molecule has 2 aromatic heterocycles. The van der Waals surface area contributed by atoms with E-state index in [0.717, 1.165) is 24.1 Å². The van der Waals surface area contributed by atoms with E-state index in [1.165, 1.54) is 12.4 Å². The van der Waals surface area contributed by atoms with Crippen LogP contribution < -0.4 is 15.2 Å². The van der Waals surface area contributed by atoms with Crippen LogP contribution in [0.25, 0.3) is 11.0 Å². The molecule has 2 N–H and O–H groups in total. The summed E-state index contributed by atoms with van der Waals surface area (Å²) in [7, 11) is 4.82. The molecule has 3 aromatic rings. The van der Waals surface area contributed by atoms with Crippen LogP contribution in [-0.4, -0.2) is 59.3 Å². The van der Waals surface area contributed by atoms with Crippen molar-refractivity contribution in [2.75, 3.05) is 33.6 Å². The normalized spacial score (nSPS) is 15.1. The van der Waals surface area contributed by atoms with Gasteiger partial charge in [-0.15, -0.1) is 0 Å². The number of benzene rings is 1. The Balaban J connectivity index is 1.85. The molecule has 4 rings (SSSR count). The molecule has 1 fully saturated rings. The van der Waals surface area contributed by atoms with E-state index in [-0.39, 0.29) is 11.9 Å². The summed E-state index contributed by atoms with van der Waals surface area (Å²) in [6.45, 7) is 5.19. The Hall–Kier alpha value is -4.03. The predicted octanol–water partition coefficient (Wildman–Crippen LogP) is 2.75. The number of carbonyl (C=O) groups excluding carboxylic acids is 1. The van der Waals surface area contributed by atoms with Gasteiger partial charge >= 0.3 is 0 Å². The Labute approximate surface area is 204 Å². The number of nitrogens with zero attached hydrogens (tertiary/aromatic N) is 4. The van der Waals surface area contributed by atoms with E-state index in [4.69, 9.17) is 19.9 Å². The Morgan fingerprint density at radius 2 is 1.94 bits per heavy atom. The first-order valence-corrected chi connectivity index (χ1v) is 11.3. The maximum absolute atomic E-state index is 12.4. The van der Waals surface area contributed by atoms with E-state index in [1.807, 2.05) is 21.6 Å². The summed E-state index contributed by atoms with van der Waals surface area (Å²) < 4.78 is 18.3. The molecule has 0 bridgehead atoms. The number of likely N-dealkylation sites (tertiary alicyclic amines) is 1. The molecule has 9 heteroatoms. The molecule has 1 saturated heterocycles. The topological polar surface area (TPSA) is 105 Å². The van der Waals surface area contributed by atoms with E-state index in [0.29, 0.717) is 53.6 Å². The molecule has 35 heavy (non-hydrogen) atoms. The van der Waals surface area contributed by atoms with Crippen molar-refractivity contribution in [3.05, 3.63) is 54.0 Å². The molecule has 0 saturated carbocycles. The fourth-order valence-electron chi connectivity index (χ4n) is 4.52. The minimum Gasteiger partial charge on any atom is -0.497 e. The van der Waals surface area contributed by atoms with Crippen LogP contribution in [0.1, 0.15) is 29.7 Å². The molecule has 3 heterocycles. The second-order valence-corrected chi connectivity index (χ2v) is 8.21. The number of hydrogen-bond donors (Lipinski definition) is 1. The molecule has 0 spiro atoms. The van der Waals surface area contributed by atoms with Gasteiger partial charge in [0, 0.05) is 31.8 Å². The van der Waals surface area contributed by atoms with Crippen LogP contribution in [0.4, 0.5) is 5.82 Å². The number of anilines is 1. The average molecular weight is 476 g/mol. The molecule has 1 atom stereocenters. The highest BCUT2D eigenvalue weighted by Crippen LogP contribution is 2.31. The lowest BCUT2D eigenvalue weighted by molar-refractivity contribution is -0.127. The predicted molar refractivity (Wildman–Crippen MR) is 133 cm³/mol. The van der Waals surface area contributed by atoms with Gasteiger partial charge in [0.05, 0.1) is 43.5 Å². The zero-order valence-corrected chi connectivity index (χ0v) is 20.2. The number of rotatable bonds is 7. The first-order valence-electron chi connectivity index (χ1n) is 11.3. The van der Waals surface area contributed by atoms with Crippen LogP contribution in [-0.2, 0) is 22.7 Å². The molecule has 0 unspecified atom stereocenters. The summed E-state index contributed by atoms with van der Waals surface area (Å²) in [5.74, 6) is 8.03. The van der Waals surface area contributed by atoms with Gasteiger partial charge in [-0.1, -0.05) is 18.4 Å². The molecule has 182 valence electrons. The van der Waals surface area contributed by atoms with Crippen LogP contribution in [0.2, 0.25) is 0 Å². The monoisotopic (exact) mass is 475 g/mol. The first-order chi connectivity index (χ1) is 17.0. The van der Waals surface area contributed by atoms with Crippen LogP contribution in [0.15, 0.2) is 37.2 Å². The summed E-state index contributed by atoms with van der Waals surface area (Å²) in [6, 6.07) is 5.47. The molecule has 1 aliphatic rings. The molecule has 0 aliphatic carbocycles. The Morgan fingerprint density at radius 1 is 1.20 bits per heavy atom. The van der Waals surface area contributed by atoms with Gasteiger partial charge in [0.25, 0.3) is 0 Å². The van der Waals surface area contributed by atoms with Gasteiger partial charge in [0.15, 0.2) is 0 Å². The van der Waals surface area contributed by atoms with Crippen molar-refractivity contribution >= 4 is 22.8 Å². The zero-order chi connectivity index (χ0) is 24.9. The maximum atomic E-state index is 12.4. The Morgan fingerprint density at radius 3 is 2.60 bits per heavy atom. The number of ether oxygens (including phenoxy) is 3. The van der Waals surface area contributed by atoms with Crippen molar-refractivity contribution in [2.24, 2.45) is 0 Å². The highest BCUT2D eigenvalue weighted by atomic mass is 16.5. The maximum Gasteiger partial charge on any atom is 0.246 e. The first kappa shape index (κ1) is 24.1. The van der Waals surface area contributed by atoms with Crippen LogP contribution >= 0.6 is 0 Å². The molecular weight excluding hydrogens is 446 g/mol. The second kappa shape index (κ2) is 10.5. The van der Waals surface area contributed by atoms with Crippen molar-refractivity contribution in [1.82, 2.24) is 19.4 Å². The Bertz CT molecular complexity index is 1300. The molecule has 1 aliphatic heterocycles. The van der Waals surface area contributed by atoms with Crippen molar-refractivity contribution in [2.45, 2.75) is 32.0 Å². The largest absolute Gasteiger partial charge is 0.497 e. The van der Waals surface area contributed by atoms with E-state index in [2.05, 4.69) is 28.4 Å². The smallest absolute Gasteiger partial charge is 0.246 e. The summed E-state index contributed by atoms with van der Waals surface area (Å²) in [6.07, 6.45) is 4.62. The van der Waals surface area contributed by atoms with Gasteiger partial charge in [-0.3, -0.25) is 4.79 Å². The van der Waals surface area contributed by atoms with Crippen LogP contribution in [0, 0.1) is 11.8 Å². The number of carbonyl (C=O) groups is 1. The molecule has 1 aromatic carbocycles. The van der Waals surface area contributed by atoms with Gasteiger partial charge in [-0.25, -0.2) is 9.97 Å². The van der Waals surface area contributed by atoms with Crippen LogP contribution in [0.3, 0.4) is 0 Å². The highest BCUT2D eigenvalue weighted by Gasteiger charge is 2.30. The van der Waals surface area contributed by atoms with E-state index >= 15 is 0 Å². The Kier molecular flexibility index (Phi) is 7.22. The third-order valence-corrected chi connectivity index (χ3v) is 6.17. The third-order valence-electron chi connectivity index (χ3n) is 6.17. The zero-order valence-electron chi connectivity index (χ0n) is 20.2. The summed E-state index contributed by atoms with van der Waals surface area (Å²) in [5, 5.41) is 0.668. The molecular formula is C26H29N5O4. The minimum atomic E-state index is -0.0709. The van der Waals surface area contributed by atoms with Gasteiger partial charge in [0.2, 0.25) is 5.91 Å². The van der Waals surface area contributed by atoms with Crippen molar-refractivity contribution < 1.29 is 19.0 Å². The highest BCUT2D eigenvalue weighted by molar-refractivity contribution is 5.94. The third kappa shape index (κ3) is 4.79. The van der Waals surface area contributed by atoms with Gasteiger partial charge in [-0.05, 0) is 31.1 Å². The molecule has 1 amide bonds. The standard InChI is InChI=1S/C26H29N5O4/c1-5-23(32)30-10-6-7-18(30)14-31-22(15-33-2)21(24-25(27)28-16-29-26(24)31)9-8-17-11-19(34-3)13-20(12-17)35-4/h5,11-13,16,18H,1,6-7,10,14-15H2,2-4H3,(H2,27,28,29)/t18-/m1/s1. The number of nitrogen functional groups attached to an aromatic ring is 1. The number of amides is 1. The average Bonchev–Trinajstić information content (AvgIpc) is 3.46. The van der Waals surface area contributed by atoms with E-state index in [1.54, 1.807) is 27.4 Å². The van der Waals surface area contributed by atoms with Crippen molar-refractivity contribution in [3.8, 4) is 23.3 Å². The fraction of sp³-hybridized carbons (Fsp3) is 0.346. The van der Waals surface area contributed by atoms with Crippen LogP contribution in [0.5, 0.6) is 11.5 Å². The number of nitrogens with two attached hydrogens (primary N) is 1.